The molecule has 1 heterocycles. The summed E-state index contributed by atoms with van der Waals surface area (Å²) in [6.45, 7) is 7.57. The molecule has 1 fully saturated rings. The number of nitrogen functional groups attached to an aromatic ring is 1. The van der Waals surface area contributed by atoms with Crippen molar-refractivity contribution in [3.05, 3.63) is 23.2 Å². The number of nitrogens with two attached hydrogens (primary N) is 1. The van der Waals surface area contributed by atoms with E-state index in [1.807, 2.05) is 0 Å². The third kappa shape index (κ3) is 2.95. The van der Waals surface area contributed by atoms with Crippen molar-refractivity contribution >= 4 is 27.3 Å². The van der Waals surface area contributed by atoms with Crippen LogP contribution in [0.1, 0.15) is 27.2 Å². The maximum Gasteiger partial charge on any atom is 0.243 e. The van der Waals surface area contributed by atoms with E-state index in [1.54, 1.807) is 4.31 Å². The zero-order valence-electron chi connectivity index (χ0n) is 12.1. The number of halogens is 1. The van der Waals surface area contributed by atoms with E-state index in [-0.39, 0.29) is 10.3 Å². The minimum atomic E-state index is -3.48. The molecule has 4 nitrogen and oxygen atoms in total. The number of rotatable bonds is 2. The van der Waals surface area contributed by atoms with Crippen LogP contribution in [0.25, 0.3) is 0 Å². The highest BCUT2D eigenvalue weighted by Crippen LogP contribution is 2.36. The van der Waals surface area contributed by atoms with E-state index in [1.165, 1.54) is 18.2 Å². The van der Waals surface area contributed by atoms with Crippen molar-refractivity contribution < 1.29 is 8.42 Å². The lowest BCUT2D eigenvalue weighted by Crippen LogP contribution is -2.31. The highest BCUT2D eigenvalue weighted by molar-refractivity contribution is 7.89. The lowest BCUT2D eigenvalue weighted by molar-refractivity contribution is 0.252. The van der Waals surface area contributed by atoms with Crippen molar-refractivity contribution in [1.82, 2.24) is 4.31 Å². The molecule has 6 heteroatoms. The van der Waals surface area contributed by atoms with Gasteiger partial charge in [-0.15, -0.1) is 0 Å². The molecule has 0 saturated carbocycles. The predicted molar refractivity (Wildman–Crippen MR) is 82.2 cm³/mol. The van der Waals surface area contributed by atoms with Gasteiger partial charge in [0.05, 0.1) is 15.6 Å². The van der Waals surface area contributed by atoms with Crippen LogP contribution in [0, 0.1) is 11.3 Å². The largest absolute Gasteiger partial charge is 0.397 e. The second kappa shape index (κ2) is 5.20. The summed E-state index contributed by atoms with van der Waals surface area (Å²) < 4.78 is 26.7. The summed E-state index contributed by atoms with van der Waals surface area (Å²) >= 11 is 5.84. The van der Waals surface area contributed by atoms with Gasteiger partial charge in [0, 0.05) is 13.1 Å². The Bertz CT molecular complexity index is 608. The van der Waals surface area contributed by atoms with Crippen molar-refractivity contribution in [1.29, 1.82) is 0 Å². The first-order valence-electron chi connectivity index (χ1n) is 6.67. The van der Waals surface area contributed by atoms with Crippen molar-refractivity contribution in [3.63, 3.8) is 0 Å². The molecule has 1 aromatic carbocycles. The first-order valence-corrected chi connectivity index (χ1v) is 8.49. The number of hydrogen-bond acceptors (Lipinski definition) is 3. The molecule has 0 amide bonds. The molecule has 20 heavy (non-hydrogen) atoms. The van der Waals surface area contributed by atoms with Gasteiger partial charge in [-0.25, -0.2) is 8.42 Å². The van der Waals surface area contributed by atoms with Crippen molar-refractivity contribution in [2.24, 2.45) is 11.3 Å². The SMILES string of the molecule is CC(C)(C)C1CCN(S(=O)(=O)c2ccc(Cl)c(N)c2)C1. The second-order valence-electron chi connectivity index (χ2n) is 6.40. The van der Waals surface area contributed by atoms with E-state index in [4.69, 9.17) is 17.3 Å². The minimum Gasteiger partial charge on any atom is -0.397 e. The molecule has 0 aromatic heterocycles. The van der Waals surface area contributed by atoms with Gasteiger partial charge in [0.2, 0.25) is 10.0 Å². The first kappa shape index (κ1) is 15.6. The lowest BCUT2D eigenvalue weighted by Gasteiger charge is -2.26. The number of benzene rings is 1. The third-order valence-electron chi connectivity index (χ3n) is 3.98. The van der Waals surface area contributed by atoms with Crippen LogP contribution in [0.5, 0.6) is 0 Å². The Hall–Kier alpha value is -0.780. The minimum absolute atomic E-state index is 0.114. The quantitative estimate of drug-likeness (QED) is 0.853. The number of hydrogen-bond donors (Lipinski definition) is 1. The molecule has 1 aliphatic heterocycles. The Kier molecular flexibility index (Phi) is 4.06. The maximum atomic E-state index is 12.6. The third-order valence-corrected chi connectivity index (χ3v) is 6.19. The van der Waals surface area contributed by atoms with Gasteiger partial charge in [0.1, 0.15) is 0 Å². The normalized spacial score (nSPS) is 21.3. The zero-order valence-corrected chi connectivity index (χ0v) is 13.6. The maximum absolute atomic E-state index is 12.6. The van der Waals surface area contributed by atoms with Crippen LogP contribution in [-0.2, 0) is 10.0 Å². The molecule has 1 saturated heterocycles. The summed E-state index contributed by atoms with van der Waals surface area (Å²) in [6.07, 6.45) is 0.895. The Morgan fingerprint density at radius 3 is 2.50 bits per heavy atom. The fraction of sp³-hybridized carbons (Fsp3) is 0.571. The Labute approximate surface area is 126 Å². The Morgan fingerprint density at radius 2 is 2.00 bits per heavy atom. The van der Waals surface area contributed by atoms with E-state index >= 15 is 0 Å². The van der Waals surface area contributed by atoms with Crippen molar-refractivity contribution in [3.8, 4) is 0 Å². The van der Waals surface area contributed by atoms with Gasteiger partial charge < -0.3 is 5.73 Å². The van der Waals surface area contributed by atoms with Gasteiger partial charge in [-0.2, -0.15) is 4.31 Å². The predicted octanol–water partition coefficient (Wildman–Crippen LogP) is 2.98. The monoisotopic (exact) mass is 316 g/mol. The average Bonchev–Trinajstić information content (AvgIpc) is 2.82. The summed E-state index contributed by atoms with van der Waals surface area (Å²) in [5.74, 6) is 0.377. The number of nitrogens with zero attached hydrogens (tertiary/aromatic N) is 1. The summed E-state index contributed by atoms with van der Waals surface area (Å²) in [4.78, 5) is 0.217. The van der Waals surface area contributed by atoms with Gasteiger partial charge >= 0.3 is 0 Å². The van der Waals surface area contributed by atoms with E-state index in [9.17, 15) is 8.42 Å². The molecule has 0 spiro atoms. The van der Waals surface area contributed by atoms with Crippen LogP contribution >= 0.6 is 11.6 Å². The molecule has 1 atom stereocenters. The van der Waals surface area contributed by atoms with Gasteiger partial charge in [-0.05, 0) is 36.0 Å². The van der Waals surface area contributed by atoms with Crippen LogP contribution < -0.4 is 5.73 Å². The van der Waals surface area contributed by atoms with Crippen LogP contribution in [0.4, 0.5) is 5.69 Å². The van der Waals surface area contributed by atoms with E-state index in [0.29, 0.717) is 29.7 Å². The average molecular weight is 317 g/mol. The molecule has 1 unspecified atom stereocenters. The summed E-state index contributed by atoms with van der Waals surface area (Å²) in [5.41, 5.74) is 6.10. The number of anilines is 1. The summed E-state index contributed by atoms with van der Waals surface area (Å²) in [6, 6.07) is 4.47. The van der Waals surface area contributed by atoms with Crippen LogP contribution in [0.2, 0.25) is 5.02 Å². The van der Waals surface area contributed by atoms with E-state index in [0.717, 1.165) is 6.42 Å². The molecule has 0 aliphatic carbocycles. The van der Waals surface area contributed by atoms with E-state index in [2.05, 4.69) is 20.8 Å². The summed E-state index contributed by atoms with van der Waals surface area (Å²) in [5, 5.41) is 0.373. The smallest absolute Gasteiger partial charge is 0.243 e. The topological polar surface area (TPSA) is 63.4 Å². The van der Waals surface area contributed by atoms with Gasteiger partial charge in [0.15, 0.2) is 0 Å². The molecule has 1 aromatic rings. The fourth-order valence-electron chi connectivity index (χ4n) is 2.48. The summed E-state index contributed by atoms with van der Waals surface area (Å²) in [7, 11) is -3.48. The zero-order chi connectivity index (χ0) is 15.1. The van der Waals surface area contributed by atoms with Crippen LogP contribution in [-0.4, -0.2) is 25.8 Å². The fourth-order valence-corrected chi connectivity index (χ4v) is 4.14. The molecule has 0 bridgehead atoms. The second-order valence-corrected chi connectivity index (χ2v) is 8.74. The molecular formula is C14H21ClN2O2S. The highest BCUT2D eigenvalue weighted by Gasteiger charge is 2.37. The highest BCUT2D eigenvalue weighted by atomic mass is 35.5. The van der Waals surface area contributed by atoms with Gasteiger partial charge in [-0.3, -0.25) is 0 Å². The van der Waals surface area contributed by atoms with Gasteiger partial charge in [-0.1, -0.05) is 32.4 Å². The van der Waals surface area contributed by atoms with E-state index < -0.39 is 10.0 Å². The molecule has 2 rings (SSSR count). The van der Waals surface area contributed by atoms with Crippen molar-refractivity contribution in [2.75, 3.05) is 18.8 Å². The standard InChI is InChI=1S/C14H21ClN2O2S/c1-14(2,3)10-6-7-17(9-10)20(18,19)11-4-5-12(15)13(16)8-11/h4-5,8,10H,6-7,9,16H2,1-3H3. The first-order chi connectivity index (χ1) is 9.12. The molecular weight excluding hydrogens is 296 g/mol. The van der Waals surface area contributed by atoms with Crippen molar-refractivity contribution in [2.45, 2.75) is 32.1 Å². The molecule has 112 valence electrons. The molecule has 0 radical (unpaired) electrons. The molecule has 2 N–H and O–H groups in total. The Balaban J connectivity index is 2.26. The molecule has 1 aliphatic rings. The van der Waals surface area contributed by atoms with Gasteiger partial charge in [0.25, 0.3) is 0 Å². The van der Waals surface area contributed by atoms with Crippen LogP contribution in [0.3, 0.4) is 0 Å². The lowest BCUT2D eigenvalue weighted by atomic mass is 9.80. The Morgan fingerprint density at radius 1 is 1.35 bits per heavy atom. The van der Waals surface area contributed by atoms with Crippen LogP contribution in [0.15, 0.2) is 23.1 Å². The number of sulfonamides is 1.